The van der Waals surface area contributed by atoms with Crippen LogP contribution in [0.5, 0.6) is 0 Å². The maximum absolute atomic E-state index is 14.8. The van der Waals surface area contributed by atoms with E-state index in [1.807, 2.05) is 13.0 Å². The van der Waals surface area contributed by atoms with E-state index in [2.05, 4.69) is 37.9 Å². The summed E-state index contributed by atoms with van der Waals surface area (Å²) in [4.78, 5) is 24.4. The molecule has 0 radical (unpaired) electrons. The van der Waals surface area contributed by atoms with Gasteiger partial charge in [-0.1, -0.05) is 43.3 Å². The summed E-state index contributed by atoms with van der Waals surface area (Å²) in [6.45, 7) is 6.26. The first kappa shape index (κ1) is 30.5. The normalized spacial score (nSPS) is 12.4. The van der Waals surface area contributed by atoms with Crippen molar-refractivity contribution in [1.82, 2.24) is 15.0 Å². The molecule has 1 atom stereocenters. The fourth-order valence-electron chi connectivity index (χ4n) is 3.56. The molecule has 0 spiro atoms. The zero-order valence-corrected chi connectivity index (χ0v) is 22.4. The number of pyridine rings is 1. The highest BCUT2D eigenvalue weighted by Crippen LogP contribution is 2.35. The van der Waals surface area contributed by atoms with Crippen LogP contribution in [0.4, 0.5) is 29.2 Å². The molecule has 12 heteroatoms. The maximum Gasteiger partial charge on any atom is 0.419 e. The number of benzene rings is 1. The summed E-state index contributed by atoms with van der Waals surface area (Å²) in [7, 11) is 1.64. The van der Waals surface area contributed by atoms with Crippen LogP contribution in [-0.4, -0.2) is 34.6 Å². The SMILES string of the molecule is C=C=C/C(=C\C(C)CCOC)Nc1ncc(-c2ccc(CC(=O)Nc3cnc(Cl)c(C(F)(F)F)c3)c(F)c2)cn1. The molecule has 0 aliphatic rings. The quantitative estimate of drug-likeness (QED) is 0.113. The van der Waals surface area contributed by atoms with E-state index in [0.29, 0.717) is 35.4 Å². The summed E-state index contributed by atoms with van der Waals surface area (Å²) >= 11 is 5.49. The van der Waals surface area contributed by atoms with E-state index in [1.54, 1.807) is 19.3 Å². The van der Waals surface area contributed by atoms with E-state index in [-0.39, 0.29) is 17.2 Å². The lowest BCUT2D eigenvalue weighted by Crippen LogP contribution is -2.16. The second-order valence-corrected chi connectivity index (χ2v) is 9.10. The van der Waals surface area contributed by atoms with Crippen molar-refractivity contribution in [2.45, 2.75) is 25.9 Å². The summed E-state index contributed by atoms with van der Waals surface area (Å²) in [5.74, 6) is -0.863. The number of allylic oxidation sites excluding steroid dienone is 2. The lowest BCUT2D eigenvalue weighted by atomic mass is 10.0. The van der Waals surface area contributed by atoms with Crippen LogP contribution in [0.2, 0.25) is 5.15 Å². The van der Waals surface area contributed by atoms with E-state index in [9.17, 15) is 22.4 Å². The first-order chi connectivity index (χ1) is 19.0. The molecule has 0 aliphatic heterocycles. The number of carbonyl (C=O) groups excluding carboxylic acids is 1. The van der Waals surface area contributed by atoms with Crippen LogP contribution in [0, 0.1) is 11.7 Å². The molecule has 3 rings (SSSR count). The Hall–Kier alpha value is -4.05. The molecule has 0 saturated heterocycles. The first-order valence-corrected chi connectivity index (χ1v) is 12.3. The molecule has 40 heavy (non-hydrogen) atoms. The summed E-state index contributed by atoms with van der Waals surface area (Å²) in [5, 5.41) is 4.63. The molecule has 0 bridgehead atoms. The molecule has 3 aromatic rings. The van der Waals surface area contributed by atoms with Crippen molar-refractivity contribution in [1.29, 1.82) is 0 Å². The number of anilines is 2. The van der Waals surface area contributed by atoms with E-state index in [1.165, 1.54) is 24.5 Å². The Morgan fingerprint density at radius 3 is 2.50 bits per heavy atom. The monoisotopic (exact) mass is 575 g/mol. The molecule has 210 valence electrons. The number of nitrogens with zero attached hydrogens (tertiary/aromatic N) is 3. The minimum Gasteiger partial charge on any atom is -0.385 e. The predicted octanol–water partition coefficient (Wildman–Crippen LogP) is 6.84. The van der Waals surface area contributed by atoms with Crippen LogP contribution in [0.15, 0.2) is 73.0 Å². The topological polar surface area (TPSA) is 89.0 Å². The number of rotatable bonds is 11. The summed E-state index contributed by atoms with van der Waals surface area (Å²) in [6, 6.07) is 4.89. The van der Waals surface area contributed by atoms with Gasteiger partial charge in [0, 0.05) is 43.4 Å². The molecule has 1 amide bonds. The summed E-state index contributed by atoms with van der Waals surface area (Å²) < 4.78 is 59.0. The molecule has 1 unspecified atom stereocenters. The second-order valence-electron chi connectivity index (χ2n) is 8.74. The number of hydrogen-bond acceptors (Lipinski definition) is 6. The molecular weight excluding hydrogens is 550 g/mol. The second kappa shape index (κ2) is 13.8. The Morgan fingerprint density at radius 1 is 1.15 bits per heavy atom. The van der Waals surface area contributed by atoms with Crippen LogP contribution >= 0.6 is 11.6 Å². The van der Waals surface area contributed by atoms with Crippen molar-refractivity contribution in [3.63, 3.8) is 0 Å². The number of ether oxygens (including phenoxy) is 1. The average molecular weight is 576 g/mol. The Morgan fingerprint density at radius 2 is 1.88 bits per heavy atom. The van der Waals surface area contributed by atoms with E-state index >= 15 is 0 Å². The highest BCUT2D eigenvalue weighted by Gasteiger charge is 2.34. The van der Waals surface area contributed by atoms with E-state index in [4.69, 9.17) is 16.3 Å². The van der Waals surface area contributed by atoms with Crippen LogP contribution in [-0.2, 0) is 22.1 Å². The van der Waals surface area contributed by atoms with Gasteiger partial charge < -0.3 is 15.4 Å². The number of halogens is 5. The minimum atomic E-state index is -4.74. The van der Waals surface area contributed by atoms with Crippen molar-refractivity contribution < 1.29 is 27.1 Å². The zero-order valence-electron chi connectivity index (χ0n) is 21.6. The van der Waals surface area contributed by atoms with Gasteiger partial charge in [0.05, 0.1) is 23.9 Å². The Kier molecular flexibility index (Phi) is 10.6. The fourth-order valence-corrected chi connectivity index (χ4v) is 3.77. The summed E-state index contributed by atoms with van der Waals surface area (Å²) in [5.41, 5.74) is 3.08. The molecule has 2 heterocycles. The van der Waals surface area contributed by atoms with Crippen molar-refractivity contribution in [2.24, 2.45) is 5.92 Å². The maximum atomic E-state index is 14.8. The number of aromatic nitrogens is 3. The van der Waals surface area contributed by atoms with Gasteiger partial charge in [-0.2, -0.15) is 13.2 Å². The molecule has 0 fully saturated rings. The third kappa shape index (κ3) is 8.74. The van der Waals surface area contributed by atoms with Gasteiger partial charge >= 0.3 is 6.18 Å². The van der Waals surface area contributed by atoms with E-state index < -0.39 is 35.0 Å². The molecule has 2 N–H and O–H groups in total. The van der Waals surface area contributed by atoms with Crippen LogP contribution in [0.1, 0.15) is 24.5 Å². The number of methoxy groups -OCH3 is 1. The largest absolute Gasteiger partial charge is 0.419 e. The first-order valence-electron chi connectivity index (χ1n) is 12.0. The standard InChI is InChI=1S/C28H26ClF4N5O2/c1-4-5-21(10-17(2)8-9-40-3)38-27-35-14-20(15-36-27)18-6-7-19(24(30)11-18)12-25(39)37-22-13-23(28(31,32)33)26(29)34-16-22/h5-7,10-11,13-17H,1,8-9,12H2,2-3H3,(H,37,39)(H,35,36,38)/b21-10+. The Bertz CT molecular complexity index is 1420. The average Bonchev–Trinajstić information content (AvgIpc) is 2.89. The van der Waals surface area contributed by atoms with Crippen LogP contribution < -0.4 is 10.6 Å². The van der Waals surface area contributed by atoms with Gasteiger partial charge in [0.1, 0.15) is 11.0 Å². The van der Waals surface area contributed by atoms with Gasteiger partial charge in [0.25, 0.3) is 0 Å². The molecular formula is C28H26ClF4N5O2. The minimum absolute atomic E-state index is 0.0482. The van der Waals surface area contributed by atoms with Gasteiger partial charge in [0.2, 0.25) is 11.9 Å². The number of hydrogen-bond donors (Lipinski definition) is 2. The highest BCUT2D eigenvalue weighted by molar-refractivity contribution is 6.30. The van der Waals surface area contributed by atoms with Gasteiger partial charge in [-0.25, -0.2) is 19.3 Å². The molecule has 2 aromatic heterocycles. The van der Waals surface area contributed by atoms with Crippen LogP contribution in [0.3, 0.4) is 0 Å². The number of alkyl halides is 3. The third-order valence-electron chi connectivity index (χ3n) is 5.57. The lowest BCUT2D eigenvalue weighted by molar-refractivity contribution is -0.137. The lowest BCUT2D eigenvalue weighted by Gasteiger charge is -2.12. The van der Waals surface area contributed by atoms with Crippen molar-refractivity contribution in [3.05, 3.63) is 95.1 Å². The van der Waals surface area contributed by atoms with Crippen molar-refractivity contribution >= 4 is 29.1 Å². The Labute approximate surface area is 233 Å². The van der Waals surface area contributed by atoms with Crippen molar-refractivity contribution in [2.75, 3.05) is 24.4 Å². The van der Waals surface area contributed by atoms with Crippen LogP contribution in [0.25, 0.3) is 11.1 Å². The number of nitrogens with one attached hydrogen (secondary N) is 2. The van der Waals surface area contributed by atoms with Gasteiger partial charge in [-0.05, 0) is 35.6 Å². The highest BCUT2D eigenvalue weighted by atomic mass is 35.5. The number of amides is 1. The van der Waals surface area contributed by atoms with Gasteiger partial charge in [-0.15, -0.1) is 5.73 Å². The smallest absolute Gasteiger partial charge is 0.385 e. The Balaban J connectivity index is 1.67. The molecule has 1 aromatic carbocycles. The fraction of sp³-hybridized carbons (Fsp3) is 0.250. The number of carbonyl (C=O) groups is 1. The summed E-state index contributed by atoms with van der Waals surface area (Å²) in [6.07, 6.45) is 3.35. The molecule has 7 nitrogen and oxygen atoms in total. The zero-order chi connectivity index (χ0) is 29.3. The molecule has 0 aliphatic carbocycles. The van der Waals surface area contributed by atoms with E-state index in [0.717, 1.165) is 12.6 Å². The van der Waals surface area contributed by atoms with Gasteiger partial charge in [0.15, 0.2) is 0 Å². The van der Waals surface area contributed by atoms with Crippen molar-refractivity contribution in [3.8, 4) is 11.1 Å². The third-order valence-corrected chi connectivity index (χ3v) is 5.87. The van der Waals surface area contributed by atoms with Gasteiger partial charge in [-0.3, -0.25) is 4.79 Å². The predicted molar refractivity (Wildman–Crippen MR) is 145 cm³/mol. The molecule has 0 saturated carbocycles.